The first kappa shape index (κ1) is 19.8. The molecule has 0 fully saturated rings. The Bertz CT molecular complexity index is 1010. The van der Waals surface area contributed by atoms with E-state index in [9.17, 15) is 9.90 Å². The monoisotopic (exact) mass is 485 g/mol. The number of phenolic OH excluding ortho intramolecular Hbond substituents is 1. The lowest BCUT2D eigenvalue weighted by molar-refractivity contribution is 0.102. The smallest absolute Gasteiger partial charge is 0.259 e. The average molecular weight is 488 g/mol. The van der Waals surface area contributed by atoms with Crippen LogP contribution in [-0.4, -0.2) is 11.0 Å². The number of halogens is 4. The predicted molar refractivity (Wildman–Crippen MR) is 112 cm³/mol. The Kier molecular flexibility index (Phi) is 6.17. The van der Waals surface area contributed by atoms with Crippen molar-refractivity contribution >= 4 is 62.3 Å². The number of carbonyl (C=O) groups excluding carboxylic acids is 1. The number of rotatable bonds is 4. The molecule has 138 valence electrons. The molecular formula is C19H11BrCl3NO3. The highest BCUT2D eigenvalue weighted by molar-refractivity contribution is 9.10. The van der Waals surface area contributed by atoms with E-state index in [-0.39, 0.29) is 21.4 Å². The van der Waals surface area contributed by atoms with Crippen LogP contribution >= 0.6 is 50.7 Å². The zero-order valence-electron chi connectivity index (χ0n) is 13.5. The fraction of sp³-hybridized carbons (Fsp3) is 0. The molecule has 0 unspecified atom stereocenters. The van der Waals surface area contributed by atoms with E-state index in [0.717, 1.165) is 0 Å². The van der Waals surface area contributed by atoms with Gasteiger partial charge in [-0.25, -0.2) is 0 Å². The van der Waals surface area contributed by atoms with Gasteiger partial charge in [-0.2, -0.15) is 0 Å². The second-order valence-corrected chi connectivity index (χ2v) is 7.57. The number of hydrogen-bond donors (Lipinski definition) is 2. The van der Waals surface area contributed by atoms with Gasteiger partial charge in [0.25, 0.3) is 5.91 Å². The summed E-state index contributed by atoms with van der Waals surface area (Å²) in [7, 11) is 0. The Balaban J connectivity index is 1.78. The summed E-state index contributed by atoms with van der Waals surface area (Å²) in [6.07, 6.45) is 0. The first-order valence-electron chi connectivity index (χ1n) is 7.56. The van der Waals surface area contributed by atoms with Crippen molar-refractivity contribution in [2.75, 3.05) is 5.32 Å². The summed E-state index contributed by atoms with van der Waals surface area (Å²) in [6.45, 7) is 0. The molecule has 0 bridgehead atoms. The van der Waals surface area contributed by atoms with Gasteiger partial charge in [0.2, 0.25) is 0 Å². The number of amides is 1. The van der Waals surface area contributed by atoms with Gasteiger partial charge in [-0.15, -0.1) is 0 Å². The molecule has 0 aliphatic carbocycles. The highest BCUT2D eigenvalue weighted by Gasteiger charge is 2.16. The van der Waals surface area contributed by atoms with Gasteiger partial charge < -0.3 is 15.2 Å². The van der Waals surface area contributed by atoms with Crippen molar-refractivity contribution in [1.82, 2.24) is 0 Å². The third kappa shape index (κ3) is 4.87. The molecule has 27 heavy (non-hydrogen) atoms. The Morgan fingerprint density at radius 2 is 1.67 bits per heavy atom. The number of anilines is 1. The molecule has 1 amide bonds. The molecule has 0 atom stereocenters. The lowest BCUT2D eigenvalue weighted by Gasteiger charge is -2.11. The Morgan fingerprint density at radius 1 is 0.963 bits per heavy atom. The third-order valence-electron chi connectivity index (χ3n) is 3.50. The molecule has 0 saturated carbocycles. The Morgan fingerprint density at radius 3 is 2.33 bits per heavy atom. The van der Waals surface area contributed by atoms with E-state index < -0.39 is 5.91 Å². The number of phenols is 1. The topological polar surface area (TPSA) is 58.6 Å². The van der Waals surface area contributed by atoms with Crippen molar-refractivity contribution in [2.45, 2.75) is 0 Å². The van der Waals surface area contributed by atoms with Gasteiger partial charge in [0.1, 0.15) is 17.2 Å². The maximum Gasteiger partial charge on any atom is 0.259 e. The quantitative estimate of drug-likeness (QED) is 0.411. The molecule has 2 N–H and O–H groups in total. The van der Waals surface area contributed by atoms with Crippen LogP contribution in [0.2, 0.25) is 15.1 Å². The van der Waals surface area contributed by atoms with Crippen LogP contribution in [0.1, 0.15) is 10.4 Å². The highest BCUT2D eigenvalue weighted by Crippen LogP contribution is 2.34. The van der Waals surface area contributed by atoms with Crippen LogP contribution in [0.5, 0.6) is 17.2 Å². The maximum atomic E-state index is 12.4. The van der Waals surface area contributed by atoms with Crippen LogP contribution in [0.25, 0.3) is 0 Å². The highest BCUT2D eigenvalue weighted by atomic mass is 79.9. The first-order chi connectivity index (χ1) is 12.8. The zero-order chi connectivity index (χ0) is 19.6. The van der Waals surface area contributed by atoms with Crippen molar-refractivity contribution in [3.05, 3.63) is 79.7 Å². The fourth-order valence-corrected chi connectivity index (χ4v) is 3.31. The number of ether oxygens (including phenoxy) is 1. The van der Waals surface area contributed by atoms with Gasteiger partial charge in [0, 0.05) is 15.7 Å². The second-order valence-electron chi connectivity index (χ2n) is 5.44. The maximum absolute atomic E-state index is 12.4. The summed E-state index contributed by atoms with van der Waals surface area (Å²) in [4.78, 5) is 12.4. The van der Waals surface area contributed by atoms with E-state index in [4.69, 9.17) is 39.5 Å². The van der Waals surface area contributed by atoms with Crippen LogP contribution in [0.4, 0.5) is 5.69 Å². The van der Waals surface area contributed by atoms with E-state index in [0.29, 0.717) is 26.7 Å². The van der Waals surface area contributed by atoms with E-state index in [1.54, 1.807) is 42.5 Å². The minimum absolute atomic E-state index is 0.000503. The van der Waals surface area contributed by atoms with E-state index in [2.05, 4.69) is 21.2 Å². The minimum Gasteiger partial charge on any atom is -0.506 e. The summed E-state index contributed by atoms with van der Waals surface area (Å²) in [5, 5.41) is 13.5. The number of aromatic hydroxyl groups is 1. The second kappa shape index (κ2) is 8.40. The molecule has 3 rings (SSSR count). The number of nitrogens with one attached hydrogen (secondary N) is 1. The molecule has 0 saturated heterocycles. The summed E-state index contributed by atoms with van der Waals surface area (Å²) in [5.41, 5.74) is 0.468. The van der Waals surface area contributed by atoms with E-state index >= 15 is 0 Å². The molecule has 3 aromatic rings. The normalized spacial score (nSPS) is 10.5. The van der Waals surface area contributed by atoms with Crippen LogP contribution < -0.4 is 10.1 Å². The average Bonchev–Trinajstić information content (AvgIpc) is 2.62. The van der Waals surface area contributed by atoms with Gasteiger partial charge in [0.15, 0.2) is 0 Å². The van der Waals surface area contributed by atoms with Crippen LogP contribution in [0.3, 0.4) is 0 Å². The fourth-order valence-electron chi connectivity index (χ4n) is 2.23. The van der Waals surface area contributed by atoms with Gasteiger partial charge in [-0.05, 0) is 70.5 Å². The third-order valence-corrected chi connectivity index (χ3v) is 4.88. The molecule has 0 spiro atoms. The lowest BCUT2D eigenvalue weighted by atomic mass is 10.2. The van der Waals surface area contributed by atoms with Crippen LogP contribution in [0, 0.1) is 0 Å². The molecule has 0 aliphatic heterocycles. The van der Waals surface area contributed by atoms with Gasteiger partial charge in [-0.3, -0.25) is 4.79 Å². The van der Waals surface area contributed by atoms with Crippen molar-refractivity contribution in [1.29, 1.82) is 0 Å². The van der Waals surface area contributed by atoms with Crippen molar-refractivity contribution in [2.24, 2.45) is 0 Å². The van der Waals surface area contributed by atoms with Gasteiger partial charge >= 0.3 is 0 Å². The minimum atomic E-state index is -0.546. The molecule has 3 aromatic carbocycles. The summed E-state index contributed by atoms with van der Waals surface area (Å²) >= 11 is 21.0. The largest absolute Gasteiger partial charge is 0.506 e. The lowest BCUT2D eigenvalue weighted by Crippen LogP contribution is -2.12. The first-order valence-corrected chi connectivity index (χ1v) is 9.48. The number of benzene rings is 3. The van der Waals surface area contributed by atoms with E-state index in [1.807, 2.05) is 0 Å². The van der Waals surface area contributed by atoms with Crippen molar-refractivity contribution in [3.63, 3.8) is 0 Å². The molecule has 0 aliphatic rings. The SMILES string of the molecule is O=C(Nc1ccc(Oc2ccc(Cl)cc2)c(Br)c1)c1cc(Cl)cc(Cl)c1O. The molecular weight excluding hydrogens is 476 g/mol. The molecule has 8 heteroatoms. The predicted octanol–water partition coefficient (Wildman–Crippen LogP) is 7.16. The standard InChI is InChI=1S/C19H11BrCl3NO3/c20-15-9-12(3-6-17(15)27-13-4-1-10(21)2-5-13)24-19(26)14-7-11(22)8-16(23)18(14)25/h1-9,25H,(H,24,26). The molecule has 0 aromatic heterocycles. The Hall–Kier alpha value is -1.92. The number of hydrogen-bond acceptors (Lipinski definition) is 3. The van der Waals surface area contributed by atoms with Crippen LogP contribution in [0.15, 0.2) is 59.1 Å². The van der Waals surface area contributed by atoms with Gasteiger partial charge in [-0.1, -0.05) is 34.8 Å². The van der Waals surface area contributed by atoms with Crippen LogP contribution in [-0.2, 0) is 0 Å². The Labute approximate surface area is 178 Å². The van der Waals surface area contributed by atoms with E-state index in [1.165, 1.54) is 12.1 Å². The summed E-state index contributed by atoms with van der Waals surface area (Å²) in [5.74, 6) is 0.301. The molecule has 0 radical (unpaired) electrons. The number of carbonyl (C=O) groups is 1. The zero-order valence-corrected chi connectivity index (χ0v) is 17.3. The van der Waals surface area contributed by atoms with Crippen molar-refractivity contribution in [3.8, 4) is 17.2 Å². The molecule has 0 heterocycles. The van der Waals surface area contributed by atoms with Crippen molar-refractivity contribution < 1.29 is 14.6 Å². The summed E-state index contributed by atoms with van der Waals surface area (Å²) in [6, 6.07) is 14.7. The van der Waals surface area contributed by atoms with Gasteiger partial charge in [0.05, 0.1) is 15.1 Å². The summed E-state index contributed by atoms with van der Waals surface area (Å²) < 4.78 is 6.39. The molecule has 4 nitrogen and oxygen atoms in total.